The Balaban J connectivity index is 1.30. The summed E-state index contributed by atoms with van der Waals surface area (Å²) in [6.45, 7) is 7.48. The summed E-state index contributed by atoms with van der Waals surface area (Å²) in [7, 11) is 0. The van der Waals surface area contributed by atoms with Gasteiger partial charge in [0.25, 0.3) is 6.08 Å². The molecule has 9 nitrogen and oxygen atoms in total. The second-order valence-electron chi connectivity index (χ2n) is 12.2. The average molecular weight is 581 g/mol. The highest BCUT2D eigenvalue weighted by Gasteiger charge is 2.49. The number of rotatable bonds is 4. The molecule has 6 rings (SSSR count). The second-order valence-corrected chi connectivity index (χ2v) is 12.6. The molecular weight excluding hydrogens is 549 g/mol. The average Bonchev–Trinajstić information content (AvgIpc) is 3.52. The number of carbonyl (C=O) groups is 1. The van der Waals surface area contributed by atoms with Gasteiger partial charge < -0.3 is 14.4 Å². The van der Waals surface area contributed by atoms with E-state index in [2.05, 4.69) is 15.0 Å². The molecule has 0 spiro atoms. The van der Waals surface area contributed by atoms with Crippen LogP contribution in [0.4, 0.5) is 23.8 Å². The summed E-state index contributed by atoms with van der Waals surface area (Å²) in [5.74, 6) is -0.347. The van der Waals surface area contributed by atoms with Gasteiger partial charge in [-0.05, 0) is 59.4 Å². The van der Waals surface area contributed by atoms with Crippen LogP contribution in [0.1, 0.15) is 52.9 Å². The third-order valence-electron chi connectivity index (χ3n) is 8.39. The van der Waals surface area contributed by atoms with E-state index in [1.54, 1.807) is 4.90 Å². The van der Waals surface area contributed by atoms with E-state index in [4.69, 9.17) is 21.1 Å². The SMILES string of the molecule is CC(C)(C)OC(=O)N1C2CCC1CN(c1nc(OCC34CCCN3CC(=C(F)F)C4)nc3c(F)c(Cl)ncc13)C2. The lowest BCUT2D eigenvalue weighted by Crippen LogP contribution is -2.57. The Hall–Kier alpha value is -2.86. The van der Waals surface area contributed by atoms with Gasteiger partial charge in [0.2, 0.25) is 0 Å². The molecule has 4 fully saturated rings. The molecule has 3 unspecified atom stereocenters. The summed E-state index contributed by atoms with van der Waals surface area (Å²) in [5, 5.41) is 0.0630. The van der Waals surface area contributed by atoms with Crippen molar-refractivity contribution >= 4 is 34.4 Å². The first-order chi connectivity index (χ1) is 18.9. The number of carbonyl (C=O) groups excluding carboxylic acids is 1. The fourth-order valence-electron chi connectivity index (χ4n) is 6.66. The minimum atomic E-state index is -1.64. The van der Waals surface area contributed by atoms with E-state index in [9.17, 15) is 13.6 Å². The summed E-state index contributed by atoms with van der Waals surface area (Å²) in [5.41, 5.74) is -1.06. The van der Waals surface area contributed by atoms with E-state index in [-0.39, 0.29) is 60.0 Å². The summed E-state index contributed by atoms with van der Waals surface area (Å²) >= 11 is 6.00. The van der Waals surface area contributed by atoms with Crippen LogP contribution in [0.2, 0.25) is 5.15 Å². The van der Waals surface area contributed by atoms with Gasteiger partial charge in [0.1, 0.15) is 23.5 Å². The zero-order valence-electron chi connectivity index (χ0n) is 22.7. The van der Waals surface area contributed by atoms with Gasteiger partial charge in [-0.15, -0.1) is 0 Å². The van der Waals surface area contributed by atoms with Crippen molar-refractivity contribution in [1.29, 1.82) is 0 Å². The van der Waals surface area contributed by atoms with Crippen LogP contribution in [0.15, 0.2) is 17.9 Å². The van der Waals surface area contributed by atoms with E-state index >= 15 is 4.39 Å². The van der Waals surface area contributed by atoms with Crippen molar-refractivity contribution in [2.45, 2.75) is 76.1 Å². The van der Waals surface area contributed by atoms with E-state index in [0.717, 1.165) is 19.3 Å². The van der Waals surface area contributed by atoms with E-state index in [1.807, 2.05) is 30.6 Å². The molecule has 2 aromatic rings. The maximum absolute atomic E-state index is 15.2. The van der Waals surface area contributed by atoms with Crippen molar-refractivity contribution in [3.8, 4) is 6.01 Å². The van der Waals surface area contributed by atoms with Gasteiger partial charge in [-0.25, -0.2) is 14.2 Å². The summed E-state index contributed by atoms with van der Waals surface area (Å²) in [6.07, 6.45) is 2.90. The van der Waals surface area contributed by atoms with Crippen molar-refractivity contribution in [2.24, 2.45) is 0 Å². The molecule has 3 atom stereocenters. The Labute approximate surface area is 235 Å². The smallest absolute Gasteiger partial charge is 0.410 e. The molecule has 1 amide bonds. The van der Waals surface area contributed by atoms with Gasteiger partial charge in [-0.1, -0.05) is 11.6 Å². The summed E-state index contributed by atoms with van der Waals surface area (Å²) in [6, 6.07) is -0.249. The van der Waals surface area contributed by atoms with E-state index in [1.165, 1.54) is 6.20 Å². The second kappa shape index (κ2) is 9.90. The molecule has 0 aliphatic carbocycles. The van der Waals surface area contributed by atoms with Gasteiger partial charge in [-0.2, -0.15) is 18.7 Å². The molecule has 2 aromatic heterocycles. The number of piperazine rings is 1. The van der Waals surface area contributed by atoms with Crippen LogP contribution in [-0.4, -0.2) is 86.9 Å². The number of pyridine rings is 1. The number of amides is 1. The first-order valence-electron chi connectivity index (χ1n) is 13.6. The number of fused-ring (bicyclic) bond motifs is 4. The molecule has 0 radical (unpaired) electrons. The van der Waals surface area contributed by atoms with Crippen LogP contribution in [0, 0.1) is 5.82 Å². The predicted molar refractivity (Wildman–Crippen MR) is 142 cm³/mol. The molecule has 0 N–H and O–H groups in total. The molecule has 4 saturated heterocycles. The number of halogens is 4. The normalized spacial score (nSPS) is 26.5. The molecule has 216 valence electrons. The number of anilines is 1. The number of nitrogens with zero attached hydrogens (tertiary/aromatic N) is 6. The molecule has 4 aliphatic rings. The fraction of sp³-hybridized carbons (Fsp3) is 0.630. The van der Waals surface area contributed by atoms with Crippen molar-refractivity contribution in [3.63, 3.8) is 0 Å². The third-order valence-corrected chi connectivity index (χ3v) is 8.65. The van der Waals surface area contributed by atoms with Crippen LogP contribution >= 0.6 is 11.6 Å². The predicted octanol–water partition coefficient (Wildman–Crippen LogP) is 5.17. The molecule has 4 aliphatic heterocycles. The molecule has 13 heteroatoms. The number of ether oxygens (including phenoxy) is 2. The summed E-state index contributed by atoms with van der Waals surface area (Å²) < 4.78 is 53.7. The molecule has 40 heavy (non-hydrogen) atoms. The Morgan fingerprint density at radius 1 is 1.20 bits per heavy atom. The maximum Gasteiger partial charge on any atom is 0.410 e. The molecule has 2 bridgehead atoms. The zero-order chi connectivity index (χ0) is 28.4. The molecule has 6 heterocycles. The van der Waals surface area contributed by atoms with Crippen LogP contribution in [0.3, 0.4) is 0 Å². The molecule has 0 saturated carbocycles. The van der Waals surface area contributed by atoms with Gasteiger partial charge >= 0.3 is 12.1 Å². The zero-order valence-corrected chi connectivity index (χ0v) is 23.5. The van der Waals surface area contributed by atoms with Gasteiger partial charge in [0.05, 0.1) is 23.0 Å². The number of aromatic nitrogens is 3. The van der Waals surface area contributed by atoms with E-state index < -0.39 is 23.0 Å². The molecule has 0 aromatic carbocycles. The quantitative estimate of drug-likeness (QED) is 0.458. The van der Waals surface area contributed by atoms with Crippen LogP contribution in [-0.2, 0) is 4.74 Å². The highest BCUT2D eigenvalue weighted by Crippen LogP contribution is 2.43. The molecular formula is C27H32ClF3N6O3. The maximum atomic E-state index is 15.2. The standard InChI is InChI=1S/C27H32ClF3N6O3/c1-26(2,3)40-25(38)37-16-5-6-17(37)13-35(12-16)23-18-10-32-21(28)19(29)20(18)33-24(34-23)39-14-27-7-4-8-36(27)11-15(9-27)22(30)31/h10,16-17H,4-9,11-14H2,1-3H3. The van der Waals surface area contributed by atoms with Gasteiger partial charge in [0.15, 0.2) is 11.0 Å². The Bertz CT molecular complexity index is 1370. The minimum absolute atomic E-state index is 0.0236. The fourth-order valence-corrected chi connectivity index (χ4v) is 6.80. The number of hydrogen-bond acceptors (Lipinski definition) is 8. The minimum Gasteiger partial charge on any atom is -0.461 e. The van der Waals surface area contributed by atoms with Crippen LogP contribution in [0.25, 0.3) is 10.9 Å². The van der Waals surface area contributed by atoms with Crippen molar-refractivity contribution in [1.82, 2.24) is 24.8 Å². The Kier molecular flexibility index (Phi) is 6.76. The van der Waals surface area contributed by atoms with Gasteiger partial charge in [-0.3, -0.25) is 9.80 Å². The van der Waals surface area contributed by atoms with E-state index in [0.29, 0.717) is 37.3 Å². The summed E-state index contributed by atoms with van der Waals surface area (Å²) in [4.78, 5) is 31.8. The lowest BCUT2D eigenvalue weighted by molar-refractivity contribution is 0.0122. The van der Waals surface area contributed by atoms with Crippen molar-refractivity contribution in [2.75, 3.05) is 37.7 Å². The van der Waals surface area contributed by atoms with Crippen LogP contribution in [0.5, 0.6) is 6.01 Å². The Morgan fingerprint density at radius 2 is 1.93 bits per heavy atom. The lowest BCUT2D eigenvalue weighted by atomic mass is 9.94. The highest BCUT2D eigenvalue weighted by molar-refractivity contribution is 6.30. The third kappa shape index (κ3) is 4.82. The topological polar surface area (TPSA) is 83.9 Å². The number of hydrogen-bond donors (Lipinski definition) is 0. The first-order valence-corrected chi connectivity index (χ1v) is 14.0. The van der Waals surface area contributed by atoms with Gasteiger partial charge in [0, 0.05) is 31.4 Å². The first kappa shape index (κ1) is 27.3. The van der Waals surface area contributed by atoms with Crippen LogP contribution < -0.4 is 9.64 Å². The monoisotopic (exact) mass is 580 g/mol. The largest absolute Gasteiger partial charge is 0.461 e. The lowest BCUT2D eigenvalue weighted by Gasteiger charge is -2.42. The highest BCUT2D eigenvalue weighted by atomic mass is 35.5. The van der Waals surface area contributed by atoms with Crippen molar-refractivity contribution in [3.05, 3.63) is 28.8 Å². The Morgan fingerprint density at radius 3 is 2.60 bits per heavy atom. The van der Waals surface area contributed by atoms with Crippen molar-refractivity contribution < 1.29 is 27.4 Å².